The number of aromatic nitrogens is 1. The molecule has 1 amide bonds. The Morgan fingerprint density at radius 1 is 1.24 bits per heavy atom. The molecule has 142 valence electrons. The number of thiazole rings is 1. The summed E-state index contributed by atoms with van der Waals surface area (Å²) in [6.45, 7) is 5.51. The molecule has 1 aliphatic carbocycles. The van der Waals surface area contributed by atoms with Crippen molar-refractivity contribution >= 4 is 47.2 Å². The highest BCUT2D eigenvalue weighted by atomic mass is 127. The maximum atomic E-state index is 11.9. The molecule has 1 fully saturated rings. The van der Waals surface area contributed by atoms with E-state index in [1.54, 1.807) is 18.4 Å². The Kier molecular flexibility index (Phi) is 10.3. The molecule has 2 rings (SSSR count). The van der Waals surface area contributed by atoms with Crippen LogP contribution in [0, 0.1) is 13.8 Å². The summed E-state index contributed by atoms with van der Waals surface area (Å²) in [5.74, 6) is 0.854. The van der Waals surface area contributed by atoms with Crippen LogP contribution in [0.15, 0.2) is 4.99 Å². The molecular formula is C17H30IN5OS. The average molecular weight is 479 g/mol. The molecule has 0 spiro atoms. The van der Waals surface area contributed by atoms with Crippen LogP contribution in [-0.4, -0.2) is 43.0 Å². The van der Waals surface area contributed by atoms with Crippen molar-refractivity contribution in [2.24, 2.45) is 4.99 Å². The van der Waals surface area contributed by atoms with Crippen molar-refractivity contribution in [3.05, 3.63) is 15.6 Å². The number of aliphatic imine (C=N–C) groups is 1. The molecule has 0 saturated heterocycles. The van der Waals surface area contributed by atoms with Gasteiger partial charge < -0.3 is 16.0 Å². The van der Waals surface area contributed by atoms with Gasteiger partial charge in [0.05, 0.1) is 10.7 Å². The molecule has 6 nitrogen and oxygen atoms in total. The van der Waals surface area contributed by atoms with Crippen LogP contribution >= 0.6 is 35.3 Å². The number of carbonyl (C=O) groups is 1. The minimum absolute atomic E-state index is 0. The zero-order valence-electron chi connectivity index (χ0n) is 15.4. The fraction of sp³-hybridized carbons (Fsp3) is 0.706. The van der Waals surface area contributed by atoms with Gasteiger partial charge in [0.25, 0.3) is 0 Å². The van der Waals surface area contributed by atoms with Gasteiger partial charge in [0.2, 0.25) is 5.91 Å². The maximum Gasteiger partial charge on any atom is 0.221 e. The van der Waals surface area contributed by atoms with Crippen LogP contribution in [0.2, 0.25) is 0 Å². The van der Waals surface area contributed by atoms with Crippen molar-refractivity contribution < 1.29 is 4.79 Å². The largest absolute Gasteiger partial charge is 0.356 e. The molecule has 0 aliphatic heterocycles. The molecule has 1 aliphatic rings. The molecule has 0 unspecified atom stereocenters. The van der Waals surface area contributed by atoms with E-state index in [9.17, 15) is 4.79 Å². The van der Waals surface area contributed by atoms with Crippen molar-refractivity contribution in [2.75, 3.05) is 20.1 Å². The van der Waals surface area contributed by atoms with Gasteiger partial charge in [0, 0.05) is 43.9 Å². The van der Waals surface area contributed by atoms with Crippen LogP contribution < -0.4 is 16.0 Å². The van der Waals surface area contributed by atoms with E-state index in [2.05, 4.69) is 32.9 Å². The first kappa shape index (κ1) is 22.1. The number of hydrogen-bond acceptors (Lipinski definition) is 4. The second kappa shape index (κ2) is 11.7. The van der Waals surface area contributed by atoms with E-state index in [-0.39, 0.29) is 29.9 Å². The Hall–Kier alpha value is -0.900. The zero-order chi connectivity index (χ0) is 17.4. The highest BCUT2D eigenvalue weighted by molar-refractivity contribution is 14.0. The molecule has 8 heteroatoms. The van der Waals surface area contributed by atoms with E-state index < -0.39 is 0 Å². The van der Waals surface area contributed by atoms with Crippen molar-refractivity contribution in [3.63, 3.8) is 0 Å². The third kappa shape index (κ3) is 7.89. The molecule has 25 heavy (non-hydrogen) atoms. The van der Waals surface area contributed by atoms with E-state index in [0.717, 1.165) is 42.5 Å². The topological polar surface area (TPSA) is 78.4 Å². The van der Waals surface area contributed by atoms with Gasteiger partial charge in [-0.3, -0.25) is 9.79 Å². The first-order chi connectivity index (χ1) is 11.6. The minimum atomic E-state index is 0. The number of aryl methyl sites for hydroxylation is 2. The highest BCUT2D eigenvalue weighted by Crippen LogP contribution is 2.17. The summed E-state index contributed by atoms with van der Waals surface area (Å²) >= 11 is 1.75. The van der Waals surface area contributed by atoms with Crippen molar-refractivity contribution in [2.45, 2.75) is 58.4 Å². The molecule has 1 aromatic heterocycles. The van der Waals surface area contributed by atoms with Crippen molar-refractivity contribution in [3.8, 4) is 0 Å². The average Bonchev–Trinajstić information content (AvgIpc) is 3.16. The summed E-state index contributed by atoms with van der Waals surface area (Å²) in [5.41, 5.74) is 1.12. The van der Waals surface area contributed by atoms with Gasteiger partial charge in [0.1, 0.15) is 0 Å². The summed E-state index contributed by atoms with van der Waals surface area (Å²) in [4.78, 5) is 21.9. The Balaban J connectivity index is 0.00000312. The van der Waals surface area contributed by atoms with Gasteiger partial charge in [-0.05, 0) is 26.7 Å². The van der Waals surface area contributed by atoms with Crippen molar-refractivity contribution in [1.29, 1.82) is 0 Å². The van der Waals surface area contributed by atoms with E-state index in [0.29, 0.717) is 19.0 Å². The molecular weight excluding hydrogens is 449 g/mol. The lowest BCUT2D eigenvalue weighted by molar-refractivity contribution is -0.121. The quantitative estimate of drug-likeness (QED) is 0.319. The van der Waals surface area contributed by atoms with Gasteiger partial charge >= 0.3 is 0 Å². The summed E-state index contributed by atoms with van der Waals surface area (Å²) in [7, 11) is 1.74. The van der Waals surface area contributed by atoms with Gasteiger partial charge in [0.15, 0.2) is 5.96 Å². The van der Waals surface area contributed by atoms with Gasteiger partial charge in [-0.25, -0.2) is 4.98 Å². The Morgan fingerprint density at radius 2 is 1.92 bits per heavy atom. The summed E-state index contributed by atoms with van der Waals surface area (Å²) in [6, 6.07) is 0.389. The van der Waals surface area contributed by atoms with E-state index >= 15 is 0 Å². The summed E-state index contributed by atoms with van der Waals surface area (Å²) < 4.78 is 0. The van der Waals surface area contributed by atoms with Gasteiger partial charge in [-0.1, -0.05) is 12.8 Å². The lowest BCUT2D eigenvalue weighted by Crippen LogP contribution is -2.41. The molecule has 0 atom stereocenters. The number of rotatable bonds is 7. The van der Waals surface area contributed by atoms with Gasteiger partial charge in [-0.15, -0.1) is 35.3 Å². The number of nitrogens with one attached hydrogen (secondary N) is 3. The molecule has 1 aromatic rings. The third-order valence-electron chi connectivity index (χ3n) is 4.29. The van der Waals surface area contributed by atoms with Gasteiger partial charge in [-0.2, -0.15) is 0 Å². The molecule has 1 heterocycles. The number of halogens is 1. The van der Waals surface area contributed by atoms with E-state index in [4.69, 9.17) is 0 Å². The number of nitrogens with zero attached hydrogens (tertiary/aromatic N) is 2. The predicted molar refractivity (Wildman–Crippen MR) is 115 cm³/mol. The zero-order valence-corrected chi connectivity index (χ0v) is 18.5. The monoisotopic (exact) mass is 479 g/mol. The van der Waals surface area contributed by atoms with Crippen LogP contribution in [-0.2, 0) is 11.2 Å². The van der Waals surface area contributed by atoms with Crippen molar-refractivity contribution in [1.82, 2.24) is 20.9 Å². The van der Waals surface area contributed by atoms with Crippen LogP contribution in [0.1, 0.15) is 47.7 Å². The smallest absolute Gasteiger partial charge is 0.221 e. The fourth-order valence-electron chi connectivity index (χ4n) is 2.82. The van der Waals surface area contributed by atoms with Crippen LogP contribution in [0.3, 0.4) is 0 Å². The number of hydrogen-bond donors (Lipinski definition) is 3. The fourth-order valence-corrected chi connectivity index (χ4v) is 3.75. The number of guanidine groups is 1. The standard InChI is InChI=1S/C17H29N5OS.HI/c1-12-13(2)24-16(21-12)9-11-20-17(18-3)19-10-8-15(23)22-14-6-4-5-7-14;/h14H,4-11H2,1-3H3,(H,22,23)(H2,18,19,20);1H. The summed E-state index contributed by atoms with van der Waals surface area (Å²) in [5, 5.41) is 10.7. The first-order valence-electron chi connectivity index (χ1n) is 8.75. The maximum absolute atomic E-state index is 11.9. The first-order valence-corrected chi connectivity index (χ1v) is 9.57. The van der Waals surface area contributed by atoms with Crippen LogP contribution in [0.5, 0.6) is 0 Å². The Labute approximate surface area is 171 Å². The van der Waals surface area contributed by atoms with Crippen LogP contribution in [0.25, 0.3) is 0 Å². The predicted octanol–water partition coefficient (Wildman–Crippen LogP) is 2.53. The van der Waals surface area contributed by atoms with E-state index in [1.165, 1.54) is 17.7 Å². The highest BCUT2D eigenvalue weighted by Gasteiger charge is 2.16. The second-order valence-corrected chi connectivity index (χ2v) is 7.51. The lowest BCUT2D eigenvalue weighted by atomic mass is 10.2. The number of carbonyl (C=O) groups excluding carboxylic acids is 1. The molecule has 0 radical (unpaired) electrons. The summed E-state index contributed by atoms with van der Waals surface area (Å²) in [6.07, 6.45) is 6.07. The minimum Gasteiger partial charge on any atom is -0.356 e. The number of amides is 1. The molecule has 0 aromatic carbocycles. The third-order valence-corrected chi connectivity index (χ3v) is 5.43. The molecule has 1 saturated carbocycles. The second-order valence-electron chi connectivity index (χ2n) is 6.22. The Morgan fingerprint density at radius 3 is 2.52 bits per heavy atom. The van der Waals surface area contributed by atoms with E-state index in [1.807, 2.05) is 6.92 Å². The van der Waals surface area contributed by atoms with Crippen LogP contribution in [0.4, 0.5) is 0 Å². The SMILES string of the molecule is CN=C(NCCC(=O)NC1CCCC1)NCCc1nc(C)c(C)s1.I. The molecule has 0 bridgehead atoms. The lowest BCUT2D eigenvalue weighted by Gasteiger charge is -2.13. The Bertz CT molecular complexity index is 550. The normalized spacial score (nSPS) is 14.9. The molecule has 3 N–H and O–H groups in total.